The van der Waals surface area contributed by atoms with Crippen molar-refractivity contribution in [1.82, 2.24) is 15.0 Å². The molecule has 0 saturated carbocycles. The number of aryl methyl sites for hydroxylation is 1. The van der Waals surface area contributed by atoms with Crippen molar-refractivity contribution < 1.29 is 14.3 Å². The van der Waals surface area contributed by atoms with Gasteiger partial charge in [0.1, 0.15) is 12.3 Å². The number of ketones is 1. The van der Waals surface area contributed by atoms with Gasteiger partial charge in [-0.3, -0.25) is 4.79 Å². The van der Waals surface area contributed by atoms with E-state index in [-0.39, 0.29) is 12.4 Å². The zero-order valence-corrected chi connectivity index (χ0v) is 9.74. The molecule has 0 saturated heterocycles. The minimum atomic E-state index is -0.655. The van der Waals surface area contributed by atoms with Crippen molar-refractivity contribution in [2.45, 2.75) is 6.10 Å². The molecular weight excluding hydrogens is 234 g/mol. The lowest BCUT2D eigenvalue weighted by molar-refractivity contribution is 0.0576. The van der Waals surface area contributed by atoms with Crippen molar-refractivity contribution >= 4 is 5.78 Å². The minimum Gasteiger partial charge on any atom is -0.485 e. The van der Waals surface area contributed by atoms with Crippen LogP contribution in [0.1, 0.15) is 10.5 Å². The molecule has 92 valence electrons. The Hall–Kier alpha value is -2.37. The first kappa shape index (κ1) is 10.8. The maximum absolute atomic E-state index is 12.2. The summed E-state index contributed by atoms with van der Waals surface area (Å²) in [5.41, 5.74) is 0.406. The van der Waals surface area contributed by atoms with Gasteiger partial charge in [-0.2, -0.15) is 0 Å². The summed E-state index contributed by atoms with van der Waals surface area (Å²) in [5, 5.41) is 7.40. The summed E-state index contributed by atoms with van der Waals surface area (Å²) in [7, 11) is 1.66. The fourth-order valence-corrected chi connectivity index (χ4v) is 1.83. The van der Waals surface area contributed by atoms with Gasteiger partial charge in [0.15, 0.2) is 17.6 Å². The first-order chi connectivity index (χ1) is 8.75. The number of carbonyl (C=O) groups excluding carboxylic acids is 1. The van der Waals surface area contributed by atoms with Gasteiger partial charge in [0, 0.05) is 7.05 Å². The summed E-state index contributed by atoms with van der Waals surface area (Å²) >= 11 is 0. The van der Waals surface area contributed by atoms with E-state index < -0.39 is 6.10 Å². The molecule has 6 nitrogen and oxygen atoms in total. The van der Waals surface area contributed by atoms with Gasteiger partial charge in [-0.1, -0.05) is 17.3 Å². The lowest BCUT2D eigenvalue weighted by Crippen LogP contribution is -2.37. The van der Waals surface area contributed by atoms with Gasteiger partial charge in [-0.15, -0.1) is 5.10 Å². The molecule has 0 radical (unpaired) electrons. The Bertz CT molecular complexity index is 594. The van der Waals surface area contributed by atoms with Gasteiger partial charge < -0.3 is 9.47 Å². The smallest absolute Gasteiger partial charge is 0.226 e. The third-order valence-electron chi connectivity index (χ3n) is 2.77. The number of hydrogen-bond acceptors (Lipinski definition) is 5. The van der Waals surface area contributed by atoms with E-state index in [0.717, 1.165) is 0 Å². The highest BCUT2D eigenvalue weighted by atomic mass is 16.6. The maximum Gasteiger partial charge on any atom is 0.226 e. The second-order valence-electron chi connectivity index (χ2n) is 3.97. The van der Waals surface area contributed by atoms with Crippen LogP contribution in [-0.4, -0.2) is 33.5 Å². The number of ether oxygens (including phenoxy) is 2. The van der Waals surface area contributed by atoms with Crippen molar-refractivity contribution in [2.24, 2.45) is 7.05 Å². The molecule has 1 aromatic carbocycles. The predicted octanol–water partition coefficient (Wildman–Crippen LogP) is 0.838. The first-order valence-corrected chi connectivity index (χ1v) is 5.53. The molecule has 2 aromatic rings. The average molecular weight is 245 g/mol. The van der Waals surface area contributed by atoms with E-state index in [0.29, 0.717) is 17.2 Å². The molecule has 6 heteroatoms. The Morgan fingerprint density at radius 3 is 2.89 bits per heavy atom. The van der Waals surface area contributed by atoms with Gasteiger partial charge in [0.2, 0.25) is 5.78 Å². The Kier molecular flexibility index (Phi) is 2.47. The number of carbonyl (C=O) groups is 1. The van der Waals surface area contributed by atoms with Crippen molar-refractivity contribution in [3.8, 4) is 11.5 Å². The van der Waals surface area contributed by atoms with Crippen LogP contribution < -0.4 is 9.47 Å². The van der Waals surface area contributed by atoms with Crippen LogP contribution in [0.25, 0.3) is 0 Å². The van der Waals surface area contributed by atoms with E-state index in [1.54, 1.807) is 13.1 Å². The fourth-order valence-electron chi connectivity index (χ4n) is 1.83. The molecule has 1 aromatic heterocycles. The number of benzene rings is 1. The van der Waals surface area contributed by atoms with Crippen LogP contribution in [0.5, 0.6) is 11.5 Å². The van der Waals surface area contributed by atoms with Crippen LogP contribution in [0.15, 0.2) is 30.5 Å². The monoisotopic (exact) mass is 245 g/mol. The van der Waals surface area contributed by atoms with E-state index in [1.165, 1.54) is 10.9 Å². The standard InChI is InChI=1S/C12H11N3O3/c1-15-8(6-13-14-15)12(16)11-7-17-9-4-2-3-5-10(9)18-11/h2-6,11H,7H2,1H3. The molecule has 0 aliphatic carbocycles. The number of rotatable bonds is 2. The topological polar surface area (TPSA) is 66.2 Å². The van der Waals surface area contributed by atoms with E-state index in [9.17, 15) is 4.79 Å². The number of fused-ring (bicyclic) bond motifs is 1. The lowest BCUT2D eigenvalue weighted by Gasteiger charge is -2.25. The number of para-hydroxylation sites is 2. The van der Waals surface area contributed by atoms with Gasteiger partial charge in [0.25, 0.3) is 0 Å². The second kappa shape index (κ2) is 4.14. The van der Waals surface area contributed by atoms with Crippen molar-refractivity contribution in [3.63, 3.8) is 0 Å². The third kappa shape index (κ3) is 1.71. The highest BCUT2D eigenvalue weighted by molar-refractivity contribution is 5.98. The number of nitrogens with zero attached hydrogens (tertiary/aromatic N) is 3. The Morgan fingerprint density at radius 2 is 2.17 bits per heavy atom. The molecule has 1 unspecified atom stereocenters. The second-order valence-corrected chi connectivity index (χ2v) is 3.97. The molecule has 1 aliphatic heterocycles. The number of aromatic nitrogens is 3. The Balaban J connectivity index is 1.84. The number of Topliss-reactive ketones (excluding diaryl/α,β-unsaturated/α-hetero) is 1. The lowest BCUT2D eigenvalue weighted by atomic mass is 10.1. The normalized spacial score (nSPS) is 17.5. The molecule has 0 bridgehead atoms. The number of hydrogen-bond donors (Lipinski definition) is 0. The van der Waals surface area contributed by atoms with Crippen LogP contribution in [0, 0.1) is 0 Å². The highest BCUT2D eigenvalue weighted by Gasteiger charge is 2.29. The molecule has 2 heterocycles. The first-order valence-electron chi connectivity index (χ1n) is 5.53. The summed E-state index contributed by atoms with van der Waals surface area (Å²) in [4.78, 5) is 12.2. The molecule has 0 N–H and O–H groups in total. The molecule has 0 fully saturated rings. The van der Waals surface area contributed by atoms with Gasteiger partial charge in [0.05, 0.1) is 6.20 Å². The molecule has 1 atom stereocenters. The van der Waals surface area contributed by atoms with E-state index in [1.807, 2.05) is 18.2 Å². The molecule has 3 rings (SSSR count). The zero-order chi connectivity index (χ0) is 12.5. The summed E-state index contributed by atoms with van der Waals surface area (Å²) in [6.07, 6.45) is 0.767. The maximum atomic E-state index is 12.2. The molecule has 1 aliphatic rings. The van der Waals surface area contributed by atoms with Crippen LogP contribution >= 0.6 is 0 Å². The van der Waals surface area contributed by atoms with Crippen molar-refractivity contribution in [2.75, 3.05) is 6.61 Å². The van der Waals surface area contributed by atoms with Crippen LogP contribution in [0.2, 0.25) is 0 Å². The minimum absolute atomic E-state index is 0.183. The quantitative estimate of drug-likeness (QED) is 0.733. The van der Waals surface area contributed by atoms with Gasteiger partial charge in [-0.25, -0.2) is 4.68 Å². The highest BCUT2D eigenvalue weighted by Crippen LogP contribution is 2.31. The van der Waals surface area contributed by atoms with E-state index >= 15 is 0 Å². The SMILES string of the molecule is Cn1nncc1C(=O)C1COc2ccccc2O1. The predicted molar refractivity (Wildman–Crippen MR) is 61.7 cm³/mol. The fraction of sp³-hybridized carbons (Fsp3) is 0.250. The summed E-state index contributed by atoms with van der Waals surface area (Å²) in [5.74, 6) is 1.05. The van der Waals surface area contributed by atoms with Crippen molar-refractivity contribution in [3.05, 3.63) is 36.2 Å². The van der Waals surface area contributed by atoms with Crippen molar-refractivity contribution in [1.29, 1.82) is 0 Å². The van der Waals surface area contributed by atoms with Crippen LogP contribution in [0.4, 0.5) is 0 Å². The average Bonchev–Trinajstić information content (AvgIpc) is 2.83. The van der Waals surface area contributed by atoms with E-state index in [4.69, 9.17) is 9.47 Å². The van der Waals surface area contributed by atoms with Crippen LogP contribution in [-0.2, 0) is 7.05 Å². The molecule has 0 amide bonds. The van der Waals surface area contributed by atoms with Crippen LogP contribution in [0.3, 0.4) is 0 Å². The molecule has 0 spiro atoms. The summed E-state index contributed by atoms with van der Waals surface area (Å²) in [6, 6.07) is 7.27. The summed E-state index contributed by atoms with van der Waals surface area (Å²) < 4.78 is 12.6. The largest absolute Gasteiger partial charge is 0.485 e. The van der Waals surface area contributed by atoms with Gasteiger partial charge in [-0.05, 0) is 12.1 Å². The Labute approximate surface area is 103 Å². The third-order valence-corrected chi connectivity index (χ3v) is 2.77. The van der Waals surface area contributed by atoms with Gasteiger partial charge >= 0.3 is 0 Å². The molecular formula is C12H11N3O3. The van der Waals surface area contributed by atoms with E-state index in [2.05, 4.69) is 10.3 Å². The zero-order valence-electron chi connectivity index (χ0n) is 9.74. The Morgan fingerprint density at radius 1 is 1.39 bits per heavy atom. The summed E-state index contributed by atoms with van der Waals surface area (Å²) in [6.45, 7) is 0.195. The molecule has 18 heavy (non-hydrogen) atoms.